The highest BCUT2D eigenvalue weighted by atomic mass is 16.3. The molecule has 5 rings (SSSR count). The molecule has 2 aromatic heterocycles. The van der Waals surface area contributed by atoms with Crippen LogP contribution in [0.2, 0.25) is 0 Å². The Balaban J connectivity index is 1.21. The van der Waals surface area contributed by atoms with Crippen molar-refractivity contribution < 1.29 is 9.21 Å². The number of carbonyl (C=O) groups is 1. The maximum atomic E-state index is 12.3. The van der Waals surface area contributed by atoms with Gasteiger partial charge in [0.1, 0.15) is 11.3 Å². The van der Waals surface area contributed by atoms with Gasteiger partial charge in [-0.1, -0.05) is 18.6 Å². The molecule has 1 aliphatic heterocycles. The minimum atomic E-state index is -0.0682. The maximum Gasteiger partial charge on any atom is 0.224 e. The highest BCUT2D eigenvalue weighted by Crippen LogP contribution is 2.24. The number of carbonyl (C=O) groups excluding carboxylic acids is 1. The normalized spacial score (nSPS) is 13.7. The zero-order chi connectivity index (χ0) is 20.3. The summed E-state index contributed by atoms with van der Waals surface area (Å²) in [6.07, 6.45) is 5.33. The van der Waals surface area contributed by atoms with E-state index in [1.807, 2.05) is 48.5 Å². The van der Waals surface area contributed by atoms with E-state index in [1.165, 1.54) is 12.8 Å². The van der Waals surface area contributed by atoms with Crippen molar-refractivity contribution in [1.82, 2.24) is 19.7 Å². The van der Waals surface area contributed by atoms with E-state index >= 15 is 0 Å². The van der Waals surface area contributed by atoms with E-state index in [2.05, 4.69) is 25.1 Å². The van der Waals surface area contributed by atoms with Crippen LogP contribution in [0.5, 0.6) is 0 Å². The molecule has 0 unspecified atom stereocenters. The number of nitrogens with one attached hydrogen (secondary N) is 1. The van der Waals surface area contributed by atoms with Gasteiger partial charge in [-0.15, -0.1) is 10.2 Å². The van der Waals surface area contributed by atoms with Gasteiger partial charge >= 0.3 is 0 Å². The van der Waals surface area contributed by atoms with Crippen molar-refractivity contribution in [3.05, 3.63) is 60.2 Å². The number of aryl methyl sites for hydroxylation is 2. The average molecular weight is 401 g/mol. The lowest BCUT2D eigenvalue weighted by atomic mass is 10.2. The van der Waals surface area contributed by atoms with Gasteiger partial charge in [-0.05, 0) is 49.2 Å². The molecule has 7 nitrogen and oxygen atoms in total. The predicted octanol–water partition coefficient (Wildman–Crippen LogP) is 4.38. The molecule has 30 heavy (non-hydrogen) atoms. The average Bonchev–Trinajstić information content (AvgIpc) is 3.29. The molecular formula is C23H23N5O2. The fourth-order valence-electron chi connectivity index (χ4n) is 3.87. The number of para-hydroxylation sites is 2. The third kappa shape index (κ3) is 3.83. The number of amides is 1. The Labute approximate surface area is 174 Å². The van der Waals surface area contributed by atoms with Crippen molar-refractivity contribution >= 4 is 22.7 Å². The SMILES string of the molecule is O=C(CCc1nc2ccccc2o1)Nc1ccc(-c2nnc3n2CCCCC3)cc1. The van der Waals surface area contributed by atoms with E-state index < -0.39 is 0 Å². The number of fused-ring (bicyclic) bond motifs is 2. The van der Waals surface area contributed by atoms with E-state index in [9.17, 15) is 4.79 Å². The number of benzene rings is 2. The van der Waals surface area contributed by atoms with Crippen LogP contribution in [0, 0.1) is 0 Å². The number of nitrogens with zero attached hydrogens (tertiary/aromatic N) is 4. The summed E-state index contributed by atoms with van der Waals surface area (Å²) < 4.78 is 7.90. The Morgan fingerprint density at radius 1 is 1.03 bits per heavy atom. The summed E-state index contributed by atoms with van der Waals surface area (Å²) in [6.45, 7) is 0.964. The maximum absolute atomic E-state index is 12.3. The van der Waals surface area contributed by atoms with E-state index in [0.29, 0.717) is 18.7 Å². The van der Waals surface area contributed by atoms with Gasteiger partial charge in [0, 0.05) is 37.1 Å². The summed E-state index contributed by atoms with van der Waals surface area (Å²) in [5.41, 5.74) is 3.33. The molecule has 0 saturated carbocycles. The molecule has 0 atom stereocenters. The third-order valence-corrected chi connectivity index (χ3v) is 5.44. The van der Waals surface area contributed by atoms with Gasteiger partial charge in [0.15, 0.2) is 17.3 Å². The molecule has 152 valence electrons. The molecule has 1 amide bonds. The highest BCUT2D eigenvalue weighted by molar-refractivity contribution is 5.91. The number of aromatic nitrogens is 4. The number of hydrogen-bond donors (Lipinski definition) is 1. The number of anilines is 1. The zero-order valence-corrected chi connectivity index (χ0v) is 16.7. The Bertz CT molecular complexity index is 1140. The monoisotopic (exact) mass is 401 g/mol. The van der Waals surface area contributed by atoms with Crippen molar-refractivity contribution in [3.63, 3.8) is 0 Å². The fourth-order valence-corrected chi connectivity index (χ4v) is 3.87. The molecule has 0 aliphatic carbocycles. The summed E-state index contributed by atoms with van der Waals surface area (Å²) in [7, 11) is 0. The largest absolute Gasteiger partial charge is 0.441 e. The van der Waals surface area contributed by atoms with Gasteiger partial charge in [0.2, 0.25) is 5.91 Å². The van der Waals surface area contributed by atoms with Crippen molar-refractivity contribution in [2.75, 3.05) is 5.32 Å². The van der Waals surface area contributed by atoms with E-state index in [-0.39, 0.29) is 5.91 Å². The summed E-state index contributed by atoms with van der Waals surface area (Å²) >= 11 is 0. The Morgan fingerprint density at radius 3 is 2.77 bits per heavy atom. The number of oxazole rings is 1. The van der Waals surface area contributed by atoms with Crippen LogP contribution in [0.25, 0.3) is 22.5 Å². The van der Waals surface area contributed by atoms with Crippen LogP contribution >= 0.6 is 0 Å². The summed E-state index contributed by atoms with van der Waals surface area (Å²) in [5, 5.41) is 11.7. The second-order valence-electron chi connectivity index (χ2n) is 7.60. The standard InChI is InChI=1S/C23H23N5O2/c29-21(13-14-22-25-18-6-3-4-7-19(18)30-22)24-17-11-9-16(10-12-17)23-27-26-20-8-2-1-5-15-28(20)23/h3-4,6-7,9-12H,1-2,5,8,13-15H2,(H,24,29). The van der Waals surface area contributed by atoms with Crippen molar-refractivity contribution in [3.8, 4) is 11.4 Å². The lowest BCUT2D eigenvalue weighted by Crippen LogP contribution is -2.12. The Kier molecular flexibility index (Phi) is 5.01. The molecular weight excluding hydrogens is 378 g/mol. The second kappa shape index (κ2) is 8.10. The van der Waals surface area contributed by atoms with Crippen LogP contribution in [0.3, 0.4) is 0 Å². The molecule has 0 bridgehead atoms. The number of rotatable bonds is 5. The van der Waals surface area contributed by atoms with E-state index in [0.717, 1.165) is 53.4 Å². The van der Waals surface area contributed by atoms with E-state index in [4.69, 9.17) is 4.42 Å². The quantitative estimate of drug-likeness (QED) is 0.536. The van der Waals surface area contributed by atoms with Crippen LogP contribution in [0.4, 0.5) is 5.69 Å². The fraction of sp³-hybridized carbons (Fsp3) is 0.304. The minimum Gasteiger partial charge on any atom is -0.441 e. The molecule has 0 radical (unpaired) electrons. The third-order valence-electron chi connectivity index (χ3n) is 5.44. The molecule has 1 N–H and O–H groups in total. The van der Waals surface area contributed by atoms with Gasteiger partial charge in [-0.25, -0.2) is 4.98 Å². The second-order valence-corrected chi connectivity index (χ2v) is 7.60. The molecule has 2 aromatic carbocycles. The van der Waals surface area contributed by atoms with Gasteiger partial charge < -0.3 is 14.3 Å². The van der Waals surface area contributed by atoms with Gasteiger partial charge in [0.05, 0.1) is 0 Å². The first-order valence-electron chi connectivity index (χ1n) is 10.4. The molecule has 0 spiro atoms. The van der Waals surface area contributed by atoms with Crippen LogP contribution in [-0.4, -0.2) is 25.7 Å². The highest BCUT2D eigenvalue weighted by Gasteiger charge is 2.16. The van der Waals surface area contributed by atoms with Crippen molar-refractivity contribution in [2.24, 2.45) is 0 Å². The summed E-state index contributed by atoms with van der Waals surface area (Å²) in [4.78, 5) is 16.7. The molecule has 3 heterocycles. The molecule has 7 heteroatoms. The van der Waals surface area contributed by atoms with E-state index in [1.54, 1.807) is 0 Å². The lowest BCUT2D eigenvalue weighted by molar-refractivity contribution is -0.116. The van der Waals surface area contributed by atoms with Crippen LogP contribution < -0.4 is 5.32 Å². The first-order chi connectivity index (χ1) is 14.8. The predicted molar refractivity (Wildman–Crippen MR) is 114 cm³/mol. The number of hydrogen-bond acceptors (Lipinski definition) is 5. The Morgan fingerprint density at radius 2 is 1.90 bits per heavy atom. The van der Waals surface area contributed by atoms with Crippen molar-refractivity contribution in [1.29, 1.82) is 0 Å². The Hall–Kier alpha value is -3.48. The van der Waals surface area contributed by atoms with Gasteiger partial charge in [-0.2, -0.15) is 0 Å². The molecule has 0 fully saturated rings. The first kappa shape index (κ1) is 18.5. The van der Waals surface area contributed by atoms with Crippen LogP contribution in [-0.2, 0) is 24.2 Å². The zero-order valence-electron chi connectivity index (χ0n) is 16.7. The topological polar surface area (TPSA) is 85.8 Å². The van der Waals surface area contributed by atoms with Crippen LogP contribution in [0.1, 0.15) is 37.4 Å². The molecule has 4 aromatic rings. The lowest BCUT2D eigenvalue weighted by Gasteiger charge is -2.08. The summed E-state index contributed by atoms with van der Waals surface area (Å²) in [5.74, 6) is 2.48. The summed E-state index contributed by atoms with van der Waals surface area (Å²) in [6, 6.07) is 15.4. The molecule has 1 aliphatic rings. The first-order valence-corrected chi connectivity index (χ1v) is 10.4. The van der Waals surface area contributed by atoms with Crippen molar-refractivity contribution in [2.45, 2.75) is 45.1 Å². The van der Waals surface area contributed by atoms with Gasteiger partial charge in [0.25, 0.3) is 0 Å². The molecule has 0 saturated heterocycles. The minimum absolute atomic E-state index is 0.0682. The smallest absolute Gasteiger partial charge is 0.224 e. The van der Waals surface area contributed by atoms with Crippen LogP contribution in [0.15, 0.2) is 52.9 Å². The van der Waals surface area contributed by atoms with Gasteiger partial charge in [-0.3, -0.25) is 4.79 Å².